The molecule has 0 aliphatic rings. The number of carboxylic acids is 1. The number of carbonyl (C=O) groups excluding carboxylic acids is 1. The van der Waals surface area contributed by atoms with Crippen LogP contribution in [0.15, 0.2) is 47.3 Å². The molecule has 0 aliphatic carbocycles. The Morgan fingerprint density at radius 2 is 1.83 bits per heavy atom. The van der Waals surface area contributed by atoms with Gasteiger partial charge in [-0.1, -0.05) is 44.2 Å². The standard InChI is InChI=1S/C22H24N4O4/c1-12(2)10-18(21(28)29)24-22(30)23-17-11-14(9-8-13(17)3)19-15-6-4-5-7-16(15)20(27)26-25-19/h4-9,11-12,18H,10H2,1-3H3,(H,26,27)(H,28,29)(H2,23,24,30)/t18-/m1/s1. The van der Waals surface area contributed by atoms with Crippen molar-refractivity contribution in [1.82, 2.24) is 15.5 Å². The average molecular weight is 408 g/mol. The molecule has 0 unspecified atom stereocenters. The Balaban J connectivity index is 1.90. The maximum absolute atomic E-state index is 12.4. The van der Waals surface area contributed by atoms with E-state index in [1.807, 2.05) is 45.0 Å². The lowest BCUT2D eigenvalue weighted by Gasteiger charge is -2.18. The van der Waals surface area contributed by atoms with E-state index in [-0.39, 0.29) is 11.5 Å². The molecule has 2 aromatic carbocycles. The molecule has 0 radical (unpaired) electrons. The number of carboxylic acid groups (broad SMARTS) is 1. The van der Waals surface area contributed by atoms with E-state index >= 15 is 0 Å². The number of fused-ring (bicyclic) bond motifs is 1. The molecule has 3 rings (SSSR count). The van der Waals surface area contributed by atoms with Gasteiger partial charge in [0.25, 0.3) is 5.56 Å². The zero-order valence-corrected chi connectivity index (χ0v) is 17.0. The van der Waals surface area contributed by atoms with Gasteiger partial charge in [-0.05, 0) is 37.0 Å². The Kier molecular flexibility index (Phi) is 6.15. The molecule has 156 valence electrons. The highest BCUT2D eigenvalue weighted by Crippen LogP contribution is 2.28. The number of hydrogen-bond acceptors (Lipinski definition) is 4. The molecule has 2 amide bonds. The molecular formula is C22H24N4O4. The van der Waals surface area contributed by atoms with Crippen LogP contribution in [0.2, 0.25) is 0 Å². The minimum absolute atomic E-state index is 0.121. The van der Waals surface area contributed by atoms with E-state index in [2.05, 4.69) is 20.8 Å². The van der Waals surface area contributed by atoms with Gasteiger partial charge in [-0.3, -0.25) is 4.79 Å². The monoisotopic (exact) mass is 408 g/mol. The summed E-state index contributed by atoms with van der Waals surface area (Å²) >= 11 is 0. The van der Waals surface area contributed by atoms with Crippen molar-refractivity contribution < 1.29 is 14.7 Å². The van der Waals surface area contributed by atoms with Crippen LogP contribution >= 0.6 is 0 Å². The number of urea groups is 1. The van der Waals surface area contributed by atoms with Gasteiger partial charge in [0.05, 0.1) is 11.1 Å². The normalized spacial score (nSPS) is 12.0. The third kappa shape index (κ3) is 4.65. The number of hydrogen-bond donors (Lipinski definition) is 4. The third-order valence-electron chi connectivity index (χ3n) is 4.77. The van der Waals surface area contributed by atoms with Crippen LogP contribution in [0.25, 0.3) is 22.0 Å². The highest BCUT2D eigenvalue weighted by atomic mass is 16.4. The lowest BCUT2D eigenvalue weighted by Crippen LogP contribution is -2.43. The molecule has 8 nitrogen and oxygen atoms in total. The smallest absolute Gasteiger partial charge is 0.326 e. The van der Waals surface area contributed by atoms with Crippen LogP contribution in [-0.2, 0) is 4.79 Å². The first-order valence-corrected chi connectivity index (χ1v) is 9.65. The molecule has 1 heterocycles. The Bertz CT molecular complexity index is 1150. The van der Waals surface area contributed by atoms with Gasteiger partial charge in [0.1, 0.15) is 6.04 Å². The summed E-state index contributed by atoms with van der Waals surface area (Å²) in [5.74, 6) is -0.954. The van der Waals surface area contributed by atoms with Crippen LogP contribution in [0.5, 0.6) is 0 Å². The number of aryl methyl sites for hydroxylation is 1. The number of benzene rings is 2. The largest absolute Gasteiger partial charge is 0.480 e. The van der Waals surface area contributed by atoms with E-state index in [0.717, 1.165) is 5.56 Å². The van der Waals surface area contributed by atoms with Gasteiger partial charge in [-0.15, -0.1) is 0 Å². The first-order valence-electron chi connectivity index (χ1n) is 9.65. The van der Waals surface area contributed by atoms with Crippen molar-refractivity contribution in [3.63, 3.8) is 0 Å². The van der Waals surface area contributed by atoms with Crippen molar-refractivity contribution >= 4 is 28.5 Å². The Hall–Kier alpha value is -3.68. The van der Waals surface area contributed by atoms with Crippen molar-refractivity contribution in [2.45, 2.75) is 33.2 Å². The van der Waals surface area contributed by atoms with Gasteiger partial charge in [0.2, 0.25) is 0 Å². The van der Waals surface area contributed by atoms with E-state index in [1.165, 1.54) is 0 Å². The fourth-order valence-electron chi connectivity index (χ4n) is 3.25. The molecule has 0 fully saturated rings. The van der Waals surface area contributed by atoms with Gasteiger partial charge in [-0.2, -0.15) is 5.10 Å². The molecule has 3 aromatic rings. The summed E-state index contributed by atoms with van der Waals surface area (Å²) in [6.45, 7) is 5.62. The average Bonchev–Trinajstić information content (AvgIpc) is 2.69. The zero-order valence-electron chi connectivity index (χ0n) is 17.0. The van der Waals surface area contributed by atoms with Crippen molar-refractivity contribution in [1.29, 1.82) is 0 Å². The third-order valence-corrected chi connectivity index (χ3v) is 4.77. The van der Waals surface area contributed by atoms with Gasteiger partial charge < -0.3 is 15.7 Å². The summed E-state index contributed by atoms with van der Waals surface area (Å²) < 4.78 is 0. The van der Waals surface area contributed by atoms with Crippen LogP contribution in [0.1, 0.15) is 25.8 Å². The topological polar surface area (TPSA) is 124 Å². The van der Waals surface area contributed by atoms with E-state index in [1.54, 1.807) is 18.2 Å². The zero-order chi connectivity index (χ0) is 21.8. The first kappa shape index (κ1) is 21.0. The minimum Gasteiger partial charge on any atom is -0.480 e. The lowest BCUT2D eigenvalue weighted by molar-refractivity contribution is -0.139. The van der Waals surface area contributed by atoms with Crippen molar-refractivity contribution in [3.8, 4) is 11.3 Å². The van der Waals surface area contributed by atoms with Crippen LogP contribution in [-0.4, -0.2) is 33.3 Å². The highest BCUT2D eigenvalue weighted by molar-refractivity contribution is 5.96. The molecule has 30 heavy (non-hydrogen) atoms. The Labute approximate surface area is 173 Å². The number of aromatic amines is 1. The van der Waals surface area contributed by atoms with Crippen LogP contribution in [0, 0.1) is 12.8 Å². The van der Waals surface area contributed by atoms with E-state index in [4.69, 9.17) is 0 Å². The highest BCUT2D eigenvalue weighted by Gasteiger charge is 2.21. The maximum atomic E-state index is 12.4. The fourth-order valence-corrected chi connectivity index (χ4v) is 3.25. The minimum atomic E-state index is -1.08. The van der Waals surface area contributed by atoms with E-state index < -0.39 is 18.0 Å². The predicted octanol–water partition coefficient (Wildman–Crippen LogP) is 3.52. The summed E-state index contributed by atoms with van der Waals surface area (Å²) in [4.78, 5) is 35.8. The van der Waals surface area contributed by atoms with Crippen molar-refractivity contribution in [2.75, 3.05) is 5.32 Å². The summed E-state index contributed by atoms with van der Waals surface area (Å²) in [5.41, 5.74) is 2.34. The first-order chi connectivity index (χ1) is 14.3. The van der Waals surface area contributed by atoms with Gasteiger partial charge in [-0.25, -0.2) is 14.7 Å². The second-order valence-corrected chi connectivity index (χ2v) is 7.60. The number of anilines is 1. The Morgan fingerprint density at radius 3 is 2.50 bits per heavy atom. The van der Waals surface area contributed by atoms with Gasteiger partial charge in [0, 0.05) is 16.6 Å². The quantitative estimate of drug-likeness (QED) is 0.497. The van der Waals surface area contributed by atoms with Crippen molar-refractivity contribution in [2.24, 2.45) is 5.92 Å². The van der Waals surface area contributed by atoms with Crippen molar-refractivity contribution in [3.05, 3.63) is 58.4 Å². The summed E-state index contributed by atoms with van der Waals surface area (Å²) in [7, 11) is 0. The molecular weight excluding hydrogens is 384 g/mol. The second kappa shape index (κ2) is 8.77. The summed E-state index contributed by atoms with van der Waals surface area (Å²) in [6.07, 6.45) is 0.328. The van der Waals surface area contributed by atoms with Gasteiger partial charge >= 0.3 is 12.0 Å². The summed E-state index contributed by atoms with van der Waals surface area (Å²) in [6, 6.07) is 11.0. The predicted molar refractivity (Wildman–Crippen MR) is 116 cm³/mol. The number of rotatable bonds is 6. The number of H-pyrrole nitrogens is 1. The molecule has 1 aromatic heterocycles. The second-order valence-electron chi connectivity index (χ2n) is 7.60. The van der Waals surface area contributed by atoms with Gasteiger partial charge in [0.15, 0.2) is 0 Å². The molecule has 8 heteroatoms. The lowest BCUT2D eigenvalue weighted by atomic mass is 10.0. The molecule has 0 bridgehead atoms. The Morgan fingerprint density at radius 1 is 1.13 bits per heavy atom. The van der Waals surface area contributed by atoms with E-state index in [9.17, 15) is 19.5 Å². The van der Waals surface area contributed by atoms with Crippen LogP contribution in [0.4, 0.5) is 10.5 Å². The molecule has 0 saturated carbocycles. The molecule has 4 N–H and O–H groups in total. The molecule has 0 aliphatic heterocycles. The fraction of sp³-hybridized carbons (Fsp3) is 0.273. The van der Waals surface area contributed by atoms with Crippen LogP contribution in [0.3, 0.4) is 0 Å². The molecule has 0 spiro atoms. The molecule has 1 atom stereocenters. The van der Waals surface area contributed by atoms with Crippen LogP contribution < -0.4 is 16.2 Å². The number of amides is 2. The number of nitrogens with one attached hydrogen (secondary N) is 3. The van der Waals surface area contributed by atoms with E-state index in [0.29, 0.717) is 34.1 Å². The number of aromatic nitrogens is 2. The maximum Gasteiger partial charge on any atom is 0.326 e. The summed E-state index contributed by atoms with van der Waals surface area (Å²) in [5, 5.41) is 22.5. The molecule has 0 saturated heterocycles. The number of nitrogens with zero attached hydrogens (tertiary/aromatic N) is 1. The SMILES string of the molecule is Cc1ccc(-c2n[nH]c(=O)c3ccccc23)cc1NC(=O)N[C@H](CC(C)C)C(=O)O. The number of carbonyl (C=O) groups is 2. The number of aliphatic carboxylic acids is 1.